The van der Waals surface area contributed by atoms with Crippen LogP contribution in [-0.2, 0) is 4.79 Å². The lowest BCUT2D eigenvalue weighted by atomic mass is 9.96. The van der Waals surface area contributed by atoms with Crippen molar-refractivity contribution in [1.29, 1.82) is 0 Å². The van der Waals surface area contributed by atoms with Crippen molar-refractivity contribution in [3.63, 3.8) is 0 Å². The second-order valence-electron chi connectivity index (χ2n) is 2.76. The highest BCUT2D eigenvalue weighted by Crippen LogP contribution is 2.07. The molecule has 0 aromatic rings. The molecule has 0 aromatic carbocycles. The lowest BCUT2D eigenvalue weighted by Gasteiger charge is -2.18. The first-order valence-corrected chi connectivity index (χ1v) is 3.81. The molecular formula is C8H17NO. The molecule has 0 aliphatic heterocycles. The standard InChI is InChI=1S/C8H17NO/c1-5-6(2)8(9-4)7(3)10/h6,8-9H,5H2,1-4H3/t6-,8?/m0/s1. The number of nitrogens with one attached hydrogen (secondary N) is 1. The Hall–Kier alpha value is -0.370. The van der Waals surface area contributed by atoms with Crippen LogP contribution in [0.2, 0.25) is 0 Å². The molecule has 0 saturated heterocycles. The third kappa shape index (κ3) is 2.48. The maximum absolute atomic E-state index is 10.9. The zero-order valence-corrected chi connectivity index (χ0v) is 7.27. The van der Waals surface area contributed by atoms with Gasteiger partial charge in [0.05, 0.1) is 6.04 Å². The van der Waals surface area contributed by atoms with Crippen molar-refractivity contribution in [1.82, 2.24) is 5.32 Å². The first kappa shape index (κ1) is 9.63. The van der Waals surface area contributed by atoms with Crippen molar-refractivity contribution in [2.75, 3.05) is 7.05 Å². The number of hydrogen-bond donors (Lipinski definition) is 1. The molecule has 0 rings (SSSR count). The van der Waals surface area contributed by atoms with Gasteiger partial charge in [-0.1, -0.05) is 20.3 Å². The minimum absolute atomic E-state index is 0.0463. The van der Waals surface area contributed by atoms with Gasteiger partial charge in [-0.3, -0.25) is 4.79 Å². The average molecular weight is 143 g/mol. The molecule has 0 heterocycles. The van der Waals surface area contributed by atoms with Gasteiger partial charge in [0, 0.05) is 0 Å². The lowest BCUT2D eigenvalue weighted by molar-refractivity contribution is -0.119. The van der Waals surface area contributed by atoms with E-state index in [4.69, 9.17) is 0 Å². The van der Waals surface area contributed by atoms with Crippen molar-refractivity contribution in [3.05, 3.63) is 0 Å². The molecule has 0 fully saturated rings. The van der Waals surface area contributed by atoms with E-state index in [0.29, 0.717) is 5.92 Å². The minimum Gasteiger partial charge on any atom is -0.310 e. The molecule has 2 atom stereocenters. The first-order valence-electron chi connectivity index (χ1n) is 3.81. The number of ketones is 1. The quantitative estimate of drug-likeness (QED) is 0.641. The number of likely N-dealkylation sites (N-methyl/N-ethyl adjacent to an activating group) is 1. The largest absolute Gasteiger partial charge is 0.310 e. The molecule has 0 radical (unpaired) electrons. The van der Waals surface area contributed by atoms with E-state index < -0.39 is 0 Å². The van der Waals surface area contributed by atoms with E-state index in [1.807, 2.05) is 7.05 Å². The van der Waals surface area contributed by atoms with Gasteiger partial charge in [-0.2, -0.15) is 0 Å². The van der Waals surface area contributed by atoms with Gasteiger partial charge in [0.1, 0.15) is 5.78 Å². The Morgan fingerprint density at radius 3 is 2.20 bits per heavy atom. The van der Waals surface area contributed by atoms with E-state index >= 15 is 0 Å². The molecule has 1 N–H and O–H groups in total. The number of carbonyl (C=O) groups excluding carboxylic acids is 1. The van der Waals surface area contributed by atoms with Gasteiger partial charge in [0.25, 0.3) is 0 Å². The fourth-order valence-electron chi connectivity index (χ4n) is 1.12. The second kappa shape index (κ2) is 4.45. The molecule has 10 heavy (non-hydrogen) atoms. The minimum atomic E-state index is 0.0463. The fourth-order valence-corrected chi connectivity index (χ4v) is 1.12. The van der Waals surface area contributed by atoms with E-state index in [1.54, 1.807) is 6.92 Å². The van der Waals surface area contributed by atoms with Gasteiger partial charge >= 0.3 is 0 Å². The summed E-state index contributed by atoms with van der Waals surface area (Å²) in [5.41, 5.74) is 0. The summed E-state index contributed by atoms with van der Waals surface area (Å²) in [6, 6.07) is 0.0463. The van der Waals surface area contributed by atoms with Crippen LogP contribution in [0.1, 0.15) is 27.2 Å². The summed E-state index contributed by atoms with van der Waals surface area (Å²) in [6.07, 6.45) is 1.05. The summed E-state index contributed by atoms with van der Waals surface area (Å²) in [5, 5.41) is 3.00. The molecule has 0 aliphatic rings. The topological polar surface area (TPSA) is 29.1 Å². The van der Waals surface area contributed by atoms with Gasteiger partial charge in [-0.25, -0.2) is 0 Å². The molecule has 0 aromatic heterocycles. The highest BCUT2D eigenvalue weighted by atomic mass is 16.1. The van der Waals surface area contributed by atoms with Crippen LogP contribution in [0, 0.1) is 5.92 Å². The monoisotopic (exact) mass is 143 g/mol. The highest BCUT2D eigenvalue weighted by Gasteiger charge is 2.17. The molecule has 0 aliphatic carbocycles. The van der Waals surface area contributed by atoms with Crippen LogP contribution in [-0.4, -0.2) is 18.9 Å². The summed E-state index contributed by atoms with van der Waals surface area (Å²) < 4.78 is 0. The van der Waals surface area contributed by atoms with E-state index in [-0.39, 0.29) is 11.8 Å². The van der Waals surface area contributed by atoms with Gasteiger partial charge in [0.15, 0.2) is 0 Å². The zero-order chi connectivity index (χ0) is 8.15. The van der Waals surface area contributed by atoms with E-state index in [9.17, 15) is 4.79 Å². The van der Waals surface area contributed by atoms with Crippen LogP contribution in [0.4, 0.5) is 0 Å². The Morgan fingerprint density at radius 1 is 1.60 bits per heavy atom. The predicted molar refractivity (Wildman–Crippen MR) is 43.0 cm³/mol. The molecule has 0 saturated carbocycles. The van der Waals surface area contributed by atoms with Crippen LogP contribution >= 0.6 is 0 Å². The molecule has 0 spiro atoms. The maximum Gasteiger partial charge on any atom is 0.146 e. The van der Waals surface area contributed by atoms with E-state index in [2.05, 4.69) is 19.2 Å². The Morgan fingerprint density at radius 2 is 2.10 bits per heavy atom. The summed E-state index contributed by atoms with van der Waals surface area (Å²) >= 11 is 0. The van der Waals surface area contributed by atoms with Crippen LogP contribution in [0.25, 0.3) is 0 Å². The smallest absolute Gasteiger partial charge is 0.146 e. The number of rotatable bonds is 4. The third-order valence-corrected chi connectivity index (χ3v) is 1.96. The normalized spacial score (nSPS) is 16.4. The molecule has 2 heteroatoms. The number of carbonyl (C=O) groups is 1. The summed E-state index contributed by atoms with van der Waals surface area (Å²) in [5.74, 6) is 0.680. The average Bonchev–Trinajstić information content (AvgIpc) is 1.88. The van der Waals surface area contributed by atoms with Crippen LogP contribution in [0.15, 0.2) is 0 Å². The maximum atomic E-state index is 10.9. The molecule has 2 nitrogen and oxygen atoms in total. The molecule has 0 bridgehead atoms. The SMILES string of the molecule is CC[C@H](C)C(NC)C(C)=O. The summed E-state index contributed by atoms with van der Waals surface area (Å²) in [4.78, 5) is 10.9. The summed E-state index contributed by atoms with van der Waals surface area (Å²) in [6.45, 7) is 5.81. The van der Waals surface area contributed by atoms with Gasteiger partial charge in [0.2, 0.25) is 0 Å². The number of Topliss-reactive ketones (excluding diaryl/α,β-unsaturated/α-hetero) is 1. The molecule has 60 valence electrons. The van der Waals surface area contributed by atoms with Crippen molar-refractivity contribution in [2.45, 2.75) is 33.2 Å². The second-order valence-corrected chi connectivity index (χ2v) is 2.76. The van der Waals surface area contributed by atoms with Crippen LogP contribution < -0.4 is 5.32 Å². The Kier molecular flexibility index (Phi) is 4.28. The van der Waals surface area contributed by atoms with Gasteiger partial charge in [-0.05, 0) is 19.9 Å². The van der Waals surface area contributed by atoms with Crippen LogP contribution in [0.5, 0.6) is 0 Å². The molecule has 1 unspecified atom stereocenters. The van der Waals surface area contributed by atoms with Crippen molar-refractivity contribution >= 4 is 5.78 Å². The van der Waals surface area contributed by atoms with E-state index in [0.717, 1.165) is 6.42 Å². The Labute approximate surface area is 63.0 Å². The predicted octanol–water partition coefficient (Wildman–Crippen LogP) is 1.21. The number of hydrogen-bond acceptors (Lipinski definition) is 2. The zero-order valence-electron chi connectivity index (χ0n) is 7.27. The van der Waals surface area contributed by atoms with Crippen LogP contribution in [0.3, 0.4) is 0 Å². The Bertz CT molecular complexity index is 112. The van der Waals surface area contributed by atoms with Crippen molar-refractivity contribution in [2.24, 2.45) is 5.92 Å². The van der Waals surface area contributed by atoms with E-state index in [1.165, 1.54) is 0 Å². The van der Waals surface area contributed by atoms with Gasteiger partial charge < -0.3 is 5.32 Å². The molecule has 0 amide bonds. The lowest BCUT2D eigenvalue weighted by Crippen LogP contribution is -2.37. The van der Waals surface area contributed by atoms with Gasteiger partial charge in [-0.15, -0.1) is 0 Å². The molecular weight excluding hydrogens is 126 g/mol. The highest BCUT2D eigenvalue weighted by molar-refractivity contribution is 5.81. The summed E-state index contributed by atoms with van der Waals surface area (Å²) in [7, 11) is 1.83. The van der Waals surface area contributed by atoms with Crippen molar-refractivity contribution in [3.8, 4) is 0 Å². The fraction of sp³-hybridized carbons (Fsp3) is 0.875. The Balaban J connectivity index is 3.92. The third-order valence-electron chi connectivity index (χ3n) is 1.96. The first-order chi connectivity index (χ1) is 4.63. The van der Waals surface area contributed by atoms with Crippen molar-refractivity contribution < 1.29 is 4.79 Å².